The van der Waals surface area contributed by atoms with Crippen molar-refractivity contribution in [3.8, 4) is 0 Å². The average Bonchev–Trinajstić information content (AvgIpc) is 3.10. The molecule has 1 amide bonds. The van der Waals surface area contributed by atoms with E-state index in [2.05, 4.69) is 27.0 Å². The molecule has 2 atom stereocenters. The Labute approximate surface area is 177 Å². The number of nitrogens with zero attached hydrogens (tertiary/aromatic N) is 4. The first-order valence-corrected chi connectivity index (χ1v) is 11.3. The molecule has 2 unspecified atom stereocenters. The Kier molecular flexibility index (Phi) is 9.05. The summed E-state index contributed by atoms with van der Waals surface area (Å²) in [5.41, 5.74) is -0.463. The van der Waals surface area contributed by atoms with E-state index in [0.717, 1.165) is 31.5 Å². The van der Waals surface area contributed by atoms with Crippen molar-refractivity contribution < 1.29 is 9.53 Å². The lowest BCUT2D eigenvalue weighted by atomic mass is 10.1. The van der Waals surface area contributed by atoms with E-state index in [1.54, 1.807) is 11.9 Å². The zero-order chi connectivity index (χ0) is 21.4. The van der Waals surface area contributed by atoms with Gasteiger partial charge >= 0.3 is 6.09 Å². The van der Waals surface area contributed by atoms with Crippen LogP contribution in [0.15, 0.2) is 4.99 Å². The molecule has 0 saturated carbocycles. The van der Waals surface area contributed by atoms with Gasteiger partial charge in [0.05, 0.1) is 0 Å². The number of hydrogen-bond acceptors (Lipinski definition) is 4. The summed E-state index contributed by atoms with van der Waals surface area (Å²) >= 11 is 0. The summed E-state index contributed by atoms with van der Waals surface area (Å²) < 4.78 is 5.43. The summed E-state index contributed by atoms with van der Waals surface area (Å²) in [6.45, 7) is 15.2. The molecule has 7 nitrogen and oxygen atoms in total. The van der Waals surface area contributed by atoms with Crippen LogP contribution >= 0.6 is 0 Å². The van der Waals surface area contributed by atoms with E-state index < -0.39 is 5.60 Å². The van der Waals surface area contributed by atoms with Crippen LogP contribution in [0.5, 0.6) is 0 Å². The lowest BCUT2D eigenvalue weighted by molar-refractivity contribution is 0.0278. The van der Waals surface area contributed by atoms with Crippen LogP contribution in [-0.2, 0) is 4.74 Å². The number of ether oxygens (including phenoxy) is 1. The zero-order valence-corrected chi connectivity index (χ0v) is 19.5. The average molecular weight is 410 g/mol. The lowest BCUT2D eigenvalue weighted by Gasteiger charge is -2.29. The summed E-state index contributed by atoms with van der Waals surface area (Å²) in [6, 6.07) is 0. The van der Waals surface area contributed by atoms with Crippen molar-refractivity contribution in [3.05, 3.63) is 0 Å². The number of aliphatic imine (C=N–C) groups is 1. The maximum absolute atomic E-state index is 12.1. The molecule has 2 aliphatic heterocycles. The predicted molar refractivity (Wildman–Crippen MR) is 119 cm³/mol. The smallest absolute Gasteiger partial charge is 0.410 e. The van der Waals surface area contributed by atoms with Gasteiger partial charge in [-0.2, -0.15) is 0 Å². The molecule has 0 aromatic carbocycles. The molecule has 2 heterocycles. The normalized spacial score (nSPS) is 22.5. The first kappa shape index (κ1) is 23.8. The van der Waals surface area contributed by atoms with E-state index >= 15 is 0 Å². The number of carbonyl (C=O) groups is 1. The van der Waals surface area contributed by atoms with Crippen LogP contribution in [0.25, 0.3) is 0 Å². The molecule has 0 radical (unpaired) electrons. The van der Waals surface area contributed by atoms with Crippen LogP contribution in [0.3, 0.4) is 0 Å². The monoisotopic (exact) mass is 409 g/mol. The van der Waals surface area contributed by atoms with Gasteiger partial charge in [-0.3, -0.25) is 4.99 Å². The van der Waals surface area contributed by atoms with Crippen LogP contribution in [0.2, 0.25) is 0 Å². The molecule has 0 bridgehead atoms. The summed E-state index contributed by atoms with van der Waals surface area (Å²) in [4.78, 5) is 23.3. The van der Waals surface area contributed by atoms with Gasteiger partial charge in [0.1, 0.15) is 5.60 Å². The molecule has 2 saturated heterocycles. The zero-order valence-electron chi connectivity index (χ0n) is 19.5. The second-order valence-electron chi connectivity index (χ2n) is 9.86. The topological polar surface area (TPSA) is 60.4 Å². The van der Waals surface area contributed by atoms with Gasteiger partial charge in [0, 0.05) is 46.8 Å². The second kappa shape index (κ2) is 11.0. The molecule has 0 aliphatic carbocycles. The Morgan fingerprint density at radius 1 is 1.24 bits per heavy atom. The Bertz CT molecular complexity index is 540. The SMILES string of the molecule is CN=C(NCC(C)CN(C)C(=O)OC(C)(C)C)N1CCC(CN2CCCCC2)C1. The summed E-state index contributed by atoms with van der Waals surface area (Å²) in [7, 11) is 3.66. The third kappa shape index (κ3) is 8.41. The first-order valence-electron chi connectivity index (χ1n) is 11.3. The number of nitrogens with one attached hydrogen (secondary N) is 1. The molecular weight excluding hydrogens is 366 g/mol. The molecule has 168 valence electrons. The molecule has 0 aromatic heterocycles. The molecule has 2 fully saturated rings. The third-order valence-electron chi connectivity index (χ3n) is 5.66. The largest absolute Gasteiger partial charge is 0.444 e. The highest BCUT2D eigenvalue weighted by Crippen LogP contribution is 2.20. The van der Waals surface area contributed by atoms with Gasteiger partial charge in [0.15, 0.2) is 5.96 Å². The quantitative estimate of drug-likeness (QED) is 0.540. The predicted octanol–water partition coefficient (Wildman–Crippen LogP) is 2.87. The summed E-state index contributed by atoms with van der Waals surface area (Å²) in [5.74, 6) is 2.02. The Hall–Kier alpha value is -1.50. The van der Waals surface area contributed by atoms with Gasteiger partial charge in [-0.25, -0.2) is 4.79 Å². The summed E-state index contributed by atoms with van der Waals surface area (Å²) in [5, 5.41) is 3.51. The maximum Gasteiger partial charge on any atom is 0.410 e. The van der Waals surface area contributed by atoms with Crippen molar-refractivity contribution in [3.63, 3.8) is 0 Å². The first-order chi connectivity index (χ1) is 13.7. The number of guanidine groups is 1. The number of carbonyl (C=O) groups excluding carboxylic acids is 1. The minimum absolute atomic E-state index is 0.270. The van der Waals surface area contributed by atoms with Crippen LogP contribution in [-0.4, -0.2) is 92.3 Å². The highest BCUT2D eigenvalue weighted by Gasteiger charge is 2.27. The van der Waals surface area contributed by atoms with Crippen molar-refractivity contribution in [2.45, 2.75) is 59.0 Å². The molecule has 2 rings (SSSR count). The lowest BCUT2D eigenvalue weighted by Crippen LogP contribution is -2.44. The Balaban J connectivity index is 1.72. The Morgan fingerprint density at radius 2 is 1.93 bits per heavy atom. The van der Waals surface area contributed by atoms with E-state index in [1.807, 2.05) is 27.8 Å². The number of piperidine rings is 1. The van der Waals surface area contributed by atoms with Crippen molar-refractivity contribution in [2.24, 2.45) is 16.8 Å². The van der Waals surface area contributed by atoms with E-state index in [-0.39, 0.29) is 6.09 Å². The van der Waals surface area contributed by atoms with Crippen molar-refractivity contribution in [1.29, 1.82) is 0 Å². The highest BCUT2D eigenvalue weighted by atomic mass is 16.6. The van der Waals surface area contributed by atoms with Gasteiger partial charge < -0.3 is 24.8 Å². The van der Waals surface area contributed by atoms with Crippen LogP contribution in [0.4, 0.5) is 4.79 Å². The van der Waals surface area contributed by atoms with Gasteiger partial charge in [0.2, 0.25) is 0 Å². The fourth-order valence-electron chi connectivity index (χ4n) is 4.23. The number of hydrogen-bond donors (Lipinski definition) is 1. The highest BCUT2D eigenvalue weighted by molar-refractivity contribution is 5.80. The molecule has 29 heavy (non-hydrogen) atoms. The molecule has 0 spiro atoms. The molecule has 1 N–H and O–H groups in total. The standard InChI is InChI=1S/C22H43N5O2/c1-18(15-25(6)21(28)29-22(2,3)4)14-24-20(23-5)27-13-10-19(17-27)16-26-11-8-7-9-12-26/h18-19H,7-17H2,1-6H3,(H,23,24). The van der Waals surface area contributed by atoms with E-state index in [4.69, 9.17) is 4.74 Å². The van der Waals surface area contributed by atoms with E-state index in [9.17, 15) is 4.79 Å². The Morgan fingerprint density at radius 3 is 2.55 bits per heavy atom. The molecular formula is C22H43N5O2. The second-order valence-corrected chi connectivity index (χ2v) is 9.86. The maximum atomic E-state index is 12.1. The van der Waals surface area contributed by atoms with Gasteiger partial charge in [-0.1, -0.05) is 13.3 Å². The van der Waals surface area contributed by atoms with Crippen LogP contribution in [0.1, 0.15) is 53.4 Å². The van der Waals surface area contributed by atoms with Crippen LogP contribution < -0.4 is 5.32 Å². The van der Waals surface area contributed by atoms with E-state index in [0.29, 0.717) is 12.5 Å². The van der Waals surface area contributed by atoms with Crippen molar-refractivity contribution in [2.75, 3.05) is 59.9 Å². The number of rotatable bonds is 6. The van der Waals surface area contributed by atoms with Crippen molar-refractivity contribution in [1.82, 2.24) is 20.0 Å². The number of amides is 1. The molecule has 0 aromatic rings. The van der Waals surface area contributed by atoms with Gasteiger partial charge in [0.25, 0.3) is 0 Å². The number of likely N-dealkylation sites (tertiary alicyclic amines) is 2. The minimum atomic E-state index is -0.463. The van der Waals surface area contributed by atoms with Gasteiger partial charge in [-0.15, -0.1) is 0 Å². The fraction of sp³-hybridized carbons (Fsp3) is 0.909. The fourth-order valence-corrected chi connectivity index (χ4v) is 4.23. The summed E-state index contributed by atoms with van der Waals surface area (Å²) in [6.07, 6.45) is 5.08. The van der Waals surface area contributed by atoms with Crippen LogP contribution in [0, 0.1) is 11.8 Å². The van der Waals surface area contributed by atoms with Crippen molar-refractivity contribution >= 4 is 12.1 Å². The molecule has 2 aliphatic rings. The minimum Gasteiger partial charge on any atom is -0.444 e. The molecule has 7 heteroatoms. The third-order valence-corrected chi connectivity index (χ3v) is 5.66. The van der Waals surface area contributed by atoms with Gasteiger partial charge in [-0.05, 0) is 65.0 Å². The van der Waals surface area contributed by atoms with E-state index in [1.165, 1.54) is 45.3 Å².